The van der Waals surface area contributed by atoms with Gasteiger partial charge in [0.1, 0.15) is 17.2 Å². The van der Waals surface area contributed by atoms with Crippen LogP contribution in [0.4, 0.5) is 0 Å². The minimum Gasteiger partial charge on any atom is -0.506 e. The molecule has 0 heterocycles. The standard InChI is InChI=1S/C14H10I2O4/c1-19-14(18)8-2-4-9(5-3-8)20-10-6-11(15)13(17)12(16)7-10/h2-7,17H,1H3. The number of esters is 1. The second kappa shape index (κ2) is 6.61. The molecule has 0 radical (unpaired) electrons. The summed E-state index contributed by atoms with van der Waals surface area (Å²) in [6.07, 6.45) is 0. The summed E-state index contributed by atoms with van der Waals surface area (Å²) in [6, 6.07) is 10.1. The third-order valence-corrected chi connectivity index (χ3v) is 4.15. The number of carbonyl (C=O) groups is 1. The first kappa shape index (κ1) is 15.4. The number of ether oxygens (including phenoxy) is 2. The van der Waals surface area contributed by atoms with Gasteiger partial charge >= 0.3 is 5.97 Å². The minimum atomic E-state index is -0.384. The van der Waals surface area contributed by atoms with Crippen molar-refractivity contribution in [2.45, 2.75) is 0 Å². The van der Waals surface area contributed by atoms with Crippen molar-refractivity contribution in [3.63, 3.8) is 0 Å². The SMILES string of the molecule is COC(=O)c1ccc(Oc2cc(I)c(O)c(I)c2)cc1. The molecule has 0 bridgehead atoms. The Balaban J connectivity index is 2.20. The number of phenolic OH excluding ortho intramolecular Hbond substituents is 1. The van der Waals surface area contributed by atoms with Gasteiger partial charge in [-0.05, 0) is 81.6 Å². The molecule has 0 aliphatic rings. The molecular weight excluding hydrogens is 486 g/mol. The van der Waals surface area contributed by atoms with Crippen molar-refractivity contribution >= 4 is 51.2 Å². The van der Waals surface area contributed by atoms with Crippen LogP contribution in [0.25, 0.3) is 0 Å². The van der Waals surface area contributed by atoms with Gasteiger partial charge in [0.15, 0.2) is 0 Å². The summed E-state index contributed by atoms with van der Waals surface area (Å²) >= 11 is 4.08. The number of carbonyl (C=O) groups excluding carboxylic acids is 1. The lowest BCUT2D eigenvalue weighted by atomic mass is 10.2. The van der Waals surface area contributed by atoms with Crippen LogP contribution in [0.15, 0.2) is 36.4 Å². The Labute approximate surface area is 143 Å². The first-order valence-electron chi connectivity index (χ1n) is 5.55. The number of hydrogen-bond acceptors (Lipinski definition) is 4. The third kappa shape index (κ3) is 3.54. The number of rotatable bonds is 3. The van der Waals surface area contributed by atoms with E-state index in [0.29, 0.717) is 17.1 Å². The molecule has 4 nitrogen and oxygen atoms in total. The minimum absolute atomic E-state index is 0.250. The first-order valence-corrected chi connectivity index (χ1v) is 7.71. The lowest BCUT2D eigenvalue weighted by molar-refractivity contribution is 0.0600. The summed E-state index contributed by atoms with van der Waals surface area (Å²) in [6.45, 7) is 0. The van der Waals surface area contributed by atoms with E-state index in [2.05, 4.69) is 4.74 Å². The maximum atomic E-state index is 11.3. The lowest BCUT2D eigenvalue weighted by Gasteiger charge is -2.09. The Kier molecular flexibility index (Phi) is 5.08. The van der Waals surface area contributed by atoms with E-state index >= 15 is 0 Å². The normalized spacial score (nSPS) is 10.2. The summed E-state index contributed by atoms with van der Waals surface area (Å²) in [7, 11) is 1.34. The molecule has 1 N–H and O–H groups in total. The van der Waals surface area contributed by atoms with Gasteiger partial charge in [-0.15, -0.1) is 0 Å². The molecule has 104 valence electrons. The Hall–Kier alpha value is -1.03. The van der Waals surface area contributed by atoms with Crippen LogP contribution in [0, 0.1) is 7.14 Å². The smallest absolute Gasteiger partial charge is 0.337 e. The van der Waals surface area contributed by atoms with Crippen molar-refractivity contribution in [3.05, 3.63) is 49.1 Å². The Morgan fingerprint density at radius 2 is 1.60 bits per heavy atom. The lowest BCUT2D eigenvalue weighted by Crippen LogP contribution is -2.00. The Bertz CT molecular complexity index is 615. The van der Waals surface area contributed by atoms with E-state index in [1.165, 1.54) is 7.11 Å². The van der Waals surface area contributed by atoms with Crippen LogP contribution in [-0.2, 0) is 4.74 Å². The van der Waals surface area contributed by atoms with E-state index in [0.717, 1.165) is 7.14 Å². The van der Waals surface area contributed by atoms with Crippen molar-refractivity contribution in [3.8, 4) is 17.2 Å². The zero-order chi connectivity index (χ0) is 14.7. The van der Waals surface area contributed by atoms with Gasteiger partial charge in [-0.3, -0.25) is 0 Å². The molecule has 2 aromatic carbocycles. The number of aromatic hydroxyl groups is 1. The molecule has 0 amide bonds. The highest BCUT2D eigenvalue weighted by Crippen LogP contribution is 2.32. The average Bonchev–Trinajstić information content (AvgIpc) is 2.44. The largest absolute Gasteiger partial charge is 0.506 e. The van der Waals surface area contributed by atoms with Crippen LogP contribution in [0.2, 0.25) is 0 Å². The topological polar surface area (TPSA) is 55.8 Å². The van der Waals surface area contributed by atoms with Crippen LogP contribution in [-0.4, -0.2) is 18.2 Å². The summed E-state index contributed by atoms with van der Waals surface area (Å²) in [5.74, 6) is 1.10. The summed E-state index contributed by atoms with van der Waals surface area (Å²) in [4.78, 5) is 11.3. The van der Waals surface area contributed by atoms with Gasteiger partial charge in [0.2, 0.25) is 0 Å². The molecule has 0 saturated heterocycles. The van der Waals surface area contributed by atoms with E-state index in [4.69, 9.17) is 4.74 Å². The Morgan fingerprint density at radius 1 is 1.05 bits per heavy atom. The molecule has 0 atom stereocenters. The maximum absolute atomic E-state index is 11.3. The van der Waals surface area contributed by atoms with E-state index in [9.17, 15) is 9.90 Å². The van der Waals surface area contributed by atoms with Crippen molar-refractivity contribution in [2.75, 3.05) is 7.11 Å². The molecular formula is C14H10I2O4. The van der Waals surface area contributed by atoms with E-state index < -0.39 is 0 Å². The van der Waals surface area contributed by atoms with E-state index in [1.54, 1.807) is 36.4 Å². The highest BCUT2D eigenvalue weighted by Gasteiger charge is 2.08. The van der Waals surface area contributed by atoms with Gasteiger partial charge in [0.05, 0.1) is 19.8 Å². The van der Waals surface area contributed by atoms with Gasteiger partial charge < -0.3 is 14.6 Å². The van der Waals surface area contributed by atoms with Crippen molar-refractivity contribution in [1.82, 2.24) is 0 Å². The number of phenols is 1. The molecule has 0 saturated carbocycles. The zero-order valence-corrected chi connectivity index (χ0v) is 14.7. The average molecular weight is 496 g/mol. The number of halogens is 2. The van der Waals surface area contributed by atoms with Gasteiger partial charge in [-0.25, -0.2) is 4.79 Å². The molecule has 0 aromatic heterocycles. The predicted molar refractivity (Wildman–Crippen MR) is 91.4 cm³/mol. The molecule has 20 heavy (non-hydrogen) atoms. The molecule has 0 spiro atoms. The second-order valence-electron chi connectivity index (χ2n) is 3.85. The number of benzene rings is 2. The fourth-order valence-electron chi connectivity index (χ4n) is 1.51. The first-order chi connectivity index (χ1) is 9.51. The van der Waals surface area contributed by atoms with Crippen LogP contribution < -0.4 is 4.74 Å². The van der Waals surface area contributed by atoms with Crippen LogP contribution in [0.5, 0.6) is 17.2 Å². The molecule has 0 aliphatic carbocycles. The fourth-order valence-corrected chi connectivity index (χ4v) is 3.23. The maximum Gasteiger partial charge on any atom is 0.337 e. The summed E-state index contributed by atoms with van der Waals surface area (Å²) in [5, 5.41) is 9.70. The fraction of sp³-hybridized carbons (Fsp3) is 0.0714. The Morgan fingerprint density at radius 3 is 2.10 bits per heavy atom. The van der Waals surface area contributed by atoms with Crippen LogP contribution in [0.1, 0.15) is 10.4 Å². The van der Waals surface area contributed by atoms with Gasteiger partial charge in [0.25, 0.3) is 0 Å². The quantitative estimate of drug-likeness (QED) is 0.512. The van der Waals surface area contributed by atoms with Gasteiger partial charge in [0, 0.05) is 0 Å². The molecule has 0 unspecified atom stereocenters. The number of methoxy groups -OCH3 is 1. The highest BCUT2D eigenvalue weighted by atomic mass is 127. The van der Waals surface area contributed by atoms with Crippen LogP contribution in [0.3, 0.4) is 0 Å². The molecule has 0 fully saturated rings. The molecule has 2 rings (SSSR count). The third-order valence-electron chi connectivity index (χ3n) is 2.50. The van der Waals surface area contributed by atoms with E-state index in [1.807, 2.05) is 45.2 Å². The summed E-state index contributed by atoms with van der Waals surface area (Å²) < 4.78 is 11.8. The molecule has 0 aliphatic heterocycles. The van der Waals surface area contributed by atoms with E-state index in [-0.39, 0.29) is 11.7 Å². The van der Waals surface area contributed by atoms with Gasteiger partial charge in [-0.1, -0.05) is 0 Å². The van der Waals surface area contributed by atoms with Gasteiger partial charge in [-0.2, -0.15) is 0 Å². The molecule has 6 heteroatoms. The predicted octanol–water partition coefficient (Wildman–Crippen LogP) is 4.18. The zero-order valence-electron chi connectivity index (χ0n) is 10.4. The molecule has 2 aromatic rings. The highest BCUT2D eigenvalue weighted by molar-refractivity contribution is 14.1. The number of hydrogen-bond donors (Lipinski definition) is 1. The van der Waals surface area contributed by atoms with Crippen molar-refractivity contribution in [1.29, 1.82) is 0 Å². The van der Waals surface area contributed by atoms with Crippen molar-refractivity contribution in [2.24, 2.45) is 0 Å². The van der Waals surface area contributed by atoms with Crippen molar-refractivity contribution < 1.29 is 19.4 Å². The van der Waals surface area contributed by atoms with Crippen LogP contribution >= 0.6 is 45.2 Å². The second-order valence-corrected chi connectivity index (χ2v) is 6.18. The summed E-state index contributed by atoms with van der Waals surface area (Å²) in [5.41, 5.74) is 0.467. The monoisotopic (exact) mass is 496 g/mol.